The van der Waals surface area contributed by atoms with Crippen molar-refractivity contribution in [1.82, 2.24) is 4.47 Å². The molecule has 0 atom stereocenters. The summed E-state index contributed by atoms with van der Waals surface area (Å²) in [6.45, 7) is 5.63. The Morgan fingerprint density at radius 2 is 1.61 bits per heavy atom. The van der Waals surface area contributed by atoms with E-state index in [9.17, 15) is 18.0 Å². The molecule has 0 spiro atoms. The van der Waals surface area contributed by atoms with Gasteiger partial charge in [-0.15, -0.1) is 0 Å². The van der Waals surface area contributed by atoms with E-state index in [1.807, 2.05) is 0 Å². The fraction of sp³-hybridized carbons (Fsp3) is 0.385. The molecular weight excluding hydrogens is 458 g/mol. The number of carbonyl (C=O) groups excluding carboxylic acids is 2. The van der Waals surface area contributed by atoms with E-state index in [1.54, 1.807) is 26.8 Å². The first-order chi connectivity index (χ1) is 10.4. The molecule has 23 heavy (non-hydrogen) atoms. The predicted molar refractivity (Wildman–Crippen MR) is 88.9 cm³/mol. The average molecular weight is 473 g/mol. The number of hydrogen-bond donors (Lipinski definition) is 0. The summed E-state index contributed by atoms with van der Waals surface area (Å²) in [6, 6.07) is 4.54. The maximum atomic E-state index is 12.7. The molecule has 0 aromatic heterocycles. The number of carbonyl (C=O) groups is 2. The second kappa shape index (κ2) is 7.18. The fourth-order valence-electron chi connectivity index (χ4n) is 1.41. The Labute approximate surface area is 151 Å². The van der Waals surface area contributed by atoms with Crippen molar-refractivity contribution in [2.24, 2.45) is 0 Å². The van der Waals surface area contributed by atoms with Crippen LogP contribution in [0.1, 0.15) is 27.7 Å². The van der Waals surface area contributed by atoms with Crippen LogP contribution in [0.15, 0.2) is 32.0 Å². The van der Waals surface area contributed by atoms with Crippen LogP contribution in [0.2, 0.25) is 0 Å². The SMILES string of the molecule is CC(=O)ON(C(=O)OC(C)(C)C)S(=O)(=O)c1c(Br)cccc1Br. The van der Waals surface area contributed by atoms with E-state index in [0.717, 1.165) is 6.92 Å². The summed E-state index contributed by atoms with van der Waals surface area (Å²) in [5, 5.41) is 0. The highest BCUT2D eigenvalue weighted by Crippen LogP contribution is 2.32. The van der Waals surface area contributed by atoms with Crippen LogP contribution in [-0.2, 0) is 24.4 Å². The summed E-state index contributed by atoms with van der Waals surface area (Å²) >= 11 is 6.20. The van der Waals surface area contributed by atoms with Crippen LogP contribution in [0.4, 0.5) is 4.79 Å². The van der Waals surface area contributed by atoms with Crippen LogP contribution < -0.4 is 0 Å². The van der Waals surface area contributed by atoms with E-state index in [4.69, 9.17) is 4.74 Å². The Bertz CT molecular complexity index is 706. The van der Waals surface area contributed by atoms with E-state index < -0.39 is 27.7 Å². The first kappa shape index (κ1) is 19.9. The molecule has 0 N–H and O–H groups in total. The van der Waals surface area contributed by atoms with E-state index in [-0.39, 0.29) is 18.3 Å². The first-order valence-corrected chi connectivity index (χ1v) is 9.29. The summed E-state index contributed by atoms with van der Waals surface area (Å²) in [4.78, 5) is 27.7. The molecular formula is C13H15Br2NO6S. The summed E-state index contributed by atoms with van der Waals surface area (Å²) < 4.78 is 30.7. The molecule has 0 unspecified atom stereocenters. The highest BCUT2D eigenvalue weighted by atomic mass is 79.9. The summed E-state index contributed by atoms with van der Waals surface area (Å²) in [5.41, 5.74) is -0.976. The zero-order valence-corrected chi connectivity index (χ0v) is 16.8. The van der Waals surface area contributed by atoms with Crippen LogP contribution in [-0.4, -0.2) is 30.5 Å². The molecule has 10 heteroatoms. The van der Waals surface area contributed by atoms with Crippen molar-refractivity contribution in [3.63, 3.8) is 0 Å². The maximum Gasteiger partial charge on any atom is 0.459 e. The third kappa shape index (κ3) is 5.18. The minimum Gasteiger partial charge on any atom is -0.441 e. The molecule has 1 amide bonds. The van der Waals surface area contributed by atoms with Crippen molar-refractivity contribution >= 4 is 53.9 Å². The zero-order chi connectivity index (χ0) is 18.0. The largest absolute Gasteiger partial charge is 0.459 e. The van der Waals surface area contributed by atoms with Gasteiger partial charge in [0.15, 0.2) is 0 Å². The number of ether oxygens (including phenoxy) is 1. The van der Waals surface area contributed by atoms with Crippen molar-refractivity contribution in [1.29, 1.82) is 0 Å². The van der Waals surface area contributed by atoms with Crippen molar-refractivity contribution < 1.29 is 27.6 Å². The van der Waals surface area contributed by atoms with Gasteiger partial charge in [0, 0.05) is 15.9 Å². The van der Waals surface area contributed by atoms with Gasteiger partial charge in [0.05, 0.1) is 0 Å². The van der Waals surface area contributed by atoms with E-state index in [2.05, 4.69) is 36.7 Å². The third-order valence-electron chi connectivity index (χ3n) is 2.15. The summed E-state index contributed by atoms with van der Waals surface area (Å²) in [6.07, 6.45) is -1.32. The molecule has 1 aromatic rings. The van der Waals surface area contributed by atoms with Gasteiger partial charge in [-0.25, -0.2) is 9.59 Å². The lowest BCUT2D eigenvalue weighted by molar-refractivity contribution is -0.164. The molecule has 0 radical (unpaired) electrons. The highest BCUT2D eigenvalue weighted by Gasteiger charge is 2.38. The smallest absolute Gasteiger partial charge is 0.441 e. The molecule has 0 saturated heterocycles. The number of hydroxylamine groups is 1. The molecule has 0 fully saturated rings. The van der Waals surface area contributed by atoms with Crippen molar-refractivity contribution in [3.8, 4) is 0 Å². The second-order valence-electron chi connectivity index (χ2n) is 5.35. The third-order valence-corrected chi connectivity index (χ3v) is 5.61. The van der Waals surface area contributed by atoms with Crippen LogP contribution in [0, 0.1) is 0 Å². The van der Waals surface area contributed by atoms with E-state index in [0.29, 0.717) is 0 Å². The van der Waals surface area contributed by atoms with E-state index >= 15 is 0 Å². The van der Waals surface area contributed by atoms with Gasteiger partial charge in [-0.1, -0.05) is 6.07 Å². The normalized spacial score (nSPS) is 11.7. The van der Waals surface area contributed by atoms with Gasteiger partial charge in [0.1, 0.15) is 10.5 Å². The van der Waals surface area contributed by atoms with Crippen LogP contribution in [0.5, 0.6) is 0 Å². The number of halogens is 2. The molecule has 0 aliphatic carbocycles. The average Bonchev–Trinajstić information content (AvgIpc) is 2.32. The van der Waals surface area contributed by atoms with Crippen molar-refractivity contribution in [2.75, 3.05) is 0 Å². The monoisotopic (exact) mass is 471 g/mol. The quantitative estimate of drug-likeness (QED) is 0.610. The molecule has 1 rings (SSSR count). The lowest BCUT2D eigenvalue weighted by atomic mass is 10.2. The number of nitrogens with zero attached hydrogens (tertiary/aromatic N) is 1. The van der Waals surface area contributed by atoms with Gasteiger partial charge in [-0.05, 0) is 69.2 Å². The van der Waals surface area contributed by atoms with Gasteiger partial charge < -0.3 is 9.57 Å². The standard InChI is InChI=1S/C13H15Br2NO6S/c1-8(17)22-16(12(18)21-13(2,3)4)23(19,20)11-9(14)6-5-7-10(11)15/h5-7H,1-4H3. The highest BCUT2D eigenvalue weighted by molar-refractivity contribution is 9.11. The Morgan fingerprint density at radius 3 is 2.00 bits per heavy atom. The molecule has 0 saturated carbocycles. The van der Waals surface area contributed by atoms with Gasteiger partial charge in [0.25, 0.3) is 0 Å². The van der Waals surface area contributed by atoms with E-state index in [1.165, 1.54) is 12.1 Å². The van der Waals surface area contributed by atoms with Crippen LogP contribution in [0.3, 0.4) is 0 Å². The van der Waals surface area contributed by atoms with Crippen molar-refractivity contribution in [2.45, 2.75) is 38.2 Å². The number of amides is 1. The minimum atomic E-state index is -4.51. The Morgan fingerprint density at radius 1 is 1.13 bits per heavy atom. The molecule has 0 aliphatic heterocycles. The number of hydrogen-bond acceptors (Lipinski definition) is 6. The molecule has 128 valence electrons. The Balaban J connectivity index is 3.41. The molecule has 1 aromatic carbocycles. The Kier molecular flexibility index (Phi) is 6.22. The van der Waals surface area contributed by atoms with Crippen LogP contribution in [0.25, 0.3) is 0 Å². The first-order valence-electron chi connectivity index (χ1n) is 6.27. The van der Waals surface area contributed by atoms with Gasteiger partial charge in [-0.2, -0.15) is 8.42 Å². The lowest BCUT2D eigenvalue weighted by Gasteiger charge is -2.25. The molecule has 0 aliphatic rings. The minimum absolute atomic E-state index is 0.0641. The Hall–Kier alpha value is -1.13. The number of rotatable bonds is 2. The summed E-state index contributed by atoms with van der Waals surface area (Å²) in [7, 11) is -4.51. The number of sulfonamides is 1. The molecule has 0 heterocycles. The number of benzene rings is 1. The lowest BCUT2D eigenvalue weighted by Crippen LogP contribution is -2.42. The second-order valence-corrected chi connectivity index (χ2v) is 8.74. The zero-order valence-electron chi connectivity index (χ0n) is 12.8. The topological polar surface area (TPSA) is 90.0 Å². The fourth-order valence-corrected chi connectivity index (χ4v) is 4.87. The summed E-state index contributed by atoms with van der Waals surface area (Å²) in [5.74, 6) is -0.984. The van der Waals surface area contributed by atoms with Crippen molar-refractivity contribution in [3.05, 3.63) is 27.1 Å². The predicted octanol–water partition coefficient (Wildman–Crippen LogP) is 3.62. The molecule has 0 bridgehead atoms. The molecule has 7 nitrogen and oxygen atoms in total. The maximum absolute atomic E-state index is 12.7. The van der Waals surface area contributed by atoms with Gasteiger partial charge >= 0.3 is 22.1 Å². The van der Waals surface area contributed by atoms with Gasteiger partial charge in [-0.3, -0.25) is 0 Å². The van der Waals surface area contributed by atoms with Gasteiger partial charge in [0.2, 0.25) is 0 Å². The van der Waals surface area contributed by atoms with Crippen LogP contribution >= 0.6 is 31.9 Å².